The largest absolute Gasteiger partial charge is 0.744 e. The number of piperazine rings is 2. The molecule has 64 heavy (non-hydrogen) atoms. The molecule has 12 nitrogen and oxygen atoms in total. The summed E-state index contributed by atoms with van der Waals surface area (Å²) in [4.78, 5) is 9.97. The molecular weight excluding hydrogens is 885 g/mol. The number of nitrogen functional groups attached to an aromatic ring is 2. The van der Waals surface area contributed by atoms with Gasteiger partial charge < -0.3 is 41.0 Å². The maximum atomic E-state index is 10.3. The molecule has 2 aliphatic heterocycles. The average Bonchev–Trinajstić information content (AvgIpc) is 3.27. The van der Waals surface area contributed by atoms with Gasteiger partial charge in [-0.15, -0.1) is 0 Å². The van der Waals surface area contributed by atoms with Crippen LogP contribution in [-0.4, -0.2) is 78.3 Å². The fourth-order valence-corrected chi connectivity index (χ4v) is 9.95. The Hall–Kier alpha value is -5.04. The van der Waals surface area contributed by atoms with Crippen LogP contribution in [0.2, 0.25) is 0 Å². The predicted octanol–water partition coefficient (Wildman–Crippen LogP) is 6.02. The van der Waals surface area contributed by atoms with Crippen LogP contribution in [0.1, 0.15) is 22.3 Å². The third-order valence-electron chi connectivity index (χ3n) is 10.3. The van der Waals surface area contributed by atoms with Gasteiger partial charge in [-0.2, -0.15) is 0 Å². The van der Waals surface area contributed by atoms with Crippen molar-refractivity contribution in [2.45, 2.75) is 57.1 Å². The van der Waals surface area contributed by atoms with E-state index in [0.717, 1.165) is 26.2 Å². The maximum Gasteiger partial charge on any atom is 0.124 e. The first-order valence-electron chi connectivity index (χ1n) is 20.9. The highest BCUT2D eigenvalue weighted by Crippen LogP contribution is 2.38. The summed E-state index contributed by atoms with van der Waals surface area (Å²) in [6, 6.07) is 41.2. The summed E-state index contributed by atoms with van der Waals surface area (Å²) < 4.78 is 62.1. The van der Waals surface area contributed by atoms with Gasteiger partial charge in [-0.05, 0) is 124 Å². The van der Waals surface area contributed by atoms with E-state index < -0.39 is 20.2 Å². The lowest BCUT2D eigenvalue weighted by atomic mass is 10.2. The summed E-state index contributed by atoms with van der Waals surface area (Å²) in [5, 5.41) is 4.80. The Balaban J connectivity index is 0.000000168. The number of para-hydroxylation sites is 2. The third-order valence-corrected chi connectivity index (χ3v) is 14.4. The minimum absolute atomic E-state index is 0.258. The number of benzene rings is 6. The number of nitrogens with zero attached hydrogens (tertiary/aromatic N) is 2. The van der Waals surface area contributed by atoms with Crippen LogP contribution in [0.4, 0.5) is 22.7 Å². The summed E-state index contributed by atoms with van der Waals surface area (Å²) in [5.74, 6) is 0. The third kappa shape index (κ3) is 15.6. The molecule has 0 unspecified atom stereocenters. The van der Waals surface area contributed by atoms with E-state index >= 15 is 0 Å². The van der Waals surface area contributed by atoms with Crippen molar-refractivity contribution in [3.05, 3.63) is 156 Å². The first kappa shape index (κ1) is 50.0. The van der Waals surface area contributed by atoms with E-state index in [-0.39, 0.29) is 9.79 Å². The fraction of sp³-hybridized carbons (Fsp3) is 0.250. The lowest BCUT2D eigenvalue weighted by Crippen LogP contribution is -2.89. The number of aryl methyl sites for hydroxylation is 4. The van der Waals surface area contributed by atoms with E-state index in [2.05, 4.69) is 133 Å². The number of anilines is 4. The Morgan fingerprint density at radius 2 is 0.797 bits per heavy atom. The van der Waals surface area contributed by atoms with E-state index in [1.165, 1.54) is 128 Å². The van der Waals surface area contributed by atoms with Crippen LogP contribution in [0.15, 0.2) is 163 Å². The Bertz CT molecular complexity index is 2470. The summed E-state index contributed by atoms with van der Waals surface area (Å²) in [7, 11) is -8.65. The van der Waals surface area contributed by atoms with E-state index in [1.807, 2.05) is 23.5 Å². The molecule has 0 atom stereocenters. The normalized spacial score (nSPS) is 13.9. The topological polar surface area (TPSA) is 206 Å². The molecule has 0 bridgehead atoms. The van der Waals surface area contributed by atoms with Gasteiger partial charge in [0.05, 0.1) is 73.5 Å². The predicted molar refractivity (Wildman–Crippen MR) is 258 cm³/mol. The summed E-state index contributed by atoms with van der Waals surface area (Å²) in [6.07, 6.45) is 0. The standard InChI is InChI=1S/2C18H22N2S.2C6H7NO3S/c2*1-14-7-8-17(15(2)13-14)21-18-6-4-3-5-16(18)20-11-9-19-10-12-20;2*7-5-1-3-6(4-2-5)11(8,9)10/h2*3-8,13,19H,9-12H2,1-2H3;2*1-4H,7H2,(H,8,9,10). The van der Waals surface area contributed by atoms with Crippen molar-refractivity contribution >= 4 is 66.5 Å². The number of hydrogen-bond acceptors (Lipinski definition) is 12. The van der Waals surface area contributed by atoms with Crippen molar-refractivity contribution in [3.63, 3.8) is 0 Å². The molecule has 0 aromatic heterocycles. The van der Waals surface area contributed by atoms with Crippen LogP contribution < -0.4 is 31.9 Å². The molecule has 6 aromatic rings. The van der Waals surface area contributed by atoms with Gasteiger partial charge in [0.15, 0.2) is 0 Å². The van der Waals surface area contributed by atoms with Gasteiger partial charge in [0.2, 0.25) is 0 Å². The Kier molecular flexibility index (Phi) is 18.6. The first-order valence-corrected chi connectivity index (χ1v) is 25.4. The molecule has 0 saturated carbocycles. The molecule has 6 aromatic carbocycles. The van der Waals surface area contributed by atoms with E-state index in [1.54, 1.807) is 0 Å². The molecule has 0 aliphatic carbocycles. The van der Waals surface area contributed by atoms with Gasteiger partial charge in [-0.3, -0.25) is 0 Å². The second-order valence-electron chi connectivity index (χ2n) is 15.4. The molecule has 340 valence electrons. The lowest BCUT2D eigenvalue weighted by Gasteiger charge is -2.29. The molecule has 16 heteroatoms. The lowest BCUT2D eigenvalue weighted by molar-refractivity contribution is -0.655. The second kappa shape index (κ2) is 23.8. The molecule has 0 amide bonds. The minimum Gasteiger partial charge on any atom is -0.744 e. The van der Waals surface area contributed by atoms with Gasteiger partial charge in [-0.1, -0.05) is 83.2 Å². The fourth-order valence-electron chi connectivity index (χ4n) is 6.93. The van der Waals surface area contributed by atoms with Gasteiger partial charge in [0, 0.05) is 31.0 Å². The number of rotatable bonds is 8. The van der Waals surface area contributed by atoms with Crippen LogP contribution in [0.3, 0.4) is 0 Å². The average molecular weight is 943 g/mol. The van der Waals surface area contributed by atoms with Crippen LogP contribution in [-0.2, 0) is 20.2 Å². The molecule has 8 N–H and O–H groups in total. The Morgan fingerprint density at radius 1 is 0.469 bits per heavy atom. The van der Waals surface area contributed by atoms with Gasteiger partial charge in [-0.25, -0.2) is 16.8 Å². The molecule has 2 aliphatic rings. The van der Waals surface area contributed by atoms with Gasteiger partial charge in [0.1, 0.15) is 20.2 Å². The molecular formula is C48H58N6O6S4. The van der Waals surface area contributed by atoms with Crippen LogP contribution in [0, 0.1) is 27.7 Å². The van der Waals surface area contributed by atoms with Crippen molar-refractivity contribution in [1.82, 2.24) is 0 Å². The summed E-state index contributed by atoms with van der Waals surface area (Å²) >= 11 is 3.78. The second-order valence-corrected chi connectivity index (χ2v) is 20.4. The highest BCUT2D eigenvalue weighted by Gasteiger charge is 2.18. The zero-order chi connectivity index (χ0) is 46.3. The van der Waals surface area contributed by atoms with Gasteiger partial charge in [0.25, 0.3) is 0 Å². The first-order chi connectivity index (χ1) is 30.5. The summed E-state index contributed by atoms with van der Waals surface area (Å²) in [6.45, 7) is 18.1. The molecule has 2 fully saturated rings. The van der Waals surface area contributed by atoms with Crippen molar-refractivity contribution < 1.29 is 36.6 Å². The maximum absolute atomic E-state index is 10.3. The molecule has 2 heterocycles. The van der Waals surface area contributed by atoms with Crippen LogP contribution >= 0.6 is 23.5 Å². The van der Waals surface area contributed by atoms with E-state index in [4.69, 9.17) is 11.5 Å². The number of nitrogens with two attached hydrogens (primary N) is 4. The molecule has 8 rings (SSSR count). The highest BCUT2D eigenvalue weighted by atomic mass is 32.2. The van der Waals surface area contributed by atoms with Crippen molar-refractivity contribution in [1.29, 1.82) is 0 Å². The zero-order valence-electron chi connectivity index (χ0n) is 36.6. The van der Waals surface area contributed by atoms with E-state index in [0.29, 0.717) is 11.4 Å². The zero-order valence-corrected chi connectivity index (χ0v) is 39.9. The van der Waals surface area contributed by atoms with Crippen molar-refractivity contribution in [3.8, 4) is 0 Å². The SMILES string of the molecule is Cc1ccc(Sc2ccccc2N2CC[NH2+]CC2)c(C)c1.Cc1ccc(Sc2ccccc2N2CC[NH2+]CC2)c(C)c1.Nc1ccc(S(=O)(=O)[O-])cc1.Nc1ccc(S(=O)(=O)[O-])cc1. The quantitative estimate of drug-likeness (QED) is 0.102. The van der Waals surface area contributed by atoms with Crippen LogP contribution in [0.25, 0.3) is 0 Å². The number of hydrogen-bond donors (Lipinski definition) is 4. The van der Waals surface area contributed by atoms with Crippen molar-refractivity contribution in [2.75, 3.05) is 73.6 Å². The Labute approximate surface area is 387 Å². The summed E-state index contributed by atoms with van der Waals surface area (Å²) in [5.41, 5.74) is 19.6. The molecule has 2 saturated heterocycles. The number of quaternary nitrogens is 2. The monoisotopic (exact) mass is 942 g/mol. The molecule has 0 radical (unpaired) electrons. The van der Waals surface area contributed by atoms with E-state index in [9.17, 15) is 25.9 Å². The highest BCUT2D eigenvalue weighted by molar-refractivity contribution is 7.99. The van der Waals surface area contributed by atoms with Crippen molar-refractivity contribution in [2.24, 2.45) is 0 Å². The minimum atomic E-state index is -4.33. The molecule has 0 spiro atoms. The smallest absolute Gasteiger partial charge is 0.124 e. The Morgan fingerprint density at radius 3 is 1.11 bits per heavy atom. The van der Waals surface area contributed by atoms with Crippen LogP contribution in [0.5, 0.6) is 0 Å². The van der Waals surface area contributed by atoms with Gasteiger partial charge >= 0.3 is 0 Å².